The molecule has 0 bridgehead atoms. The van der Waals surface area contributed by atoms with Crippen LogP contribution in [0.3, 0.4) is 0 Å². The van der Waals surface area contributed by atoms with Crippen molar-refractivity contribution in [1.29, 1.82) is 0 Å². The lowest BCUT2D eigenvalue weighted by molar-refractivity contribution is -0.0473. The van der Waals surface area contributed by atoms with Gasteiger partial charge in [-0.05, 0) is 62.8 Å². The summed E-state index contributed by atoms with van der Waals surface area (Å²) in [5.41, 5.74) is 0.319. The number of nitrogens with zero attached hydrogens (tertiary/aromatic N) is 1. The van der Waals surface area contributed by atoms with E-state index in [4.69, 9.17) is 4.74 Å². The SMILES string of the molecule is CNCC(CC1CCC(F)(F)CC1)NC(=O)N1CCCC(C(OCCNC(=O)OC)c2cc(F)cc(F)c2)C1. The molecule has 12 heteroatoms. The fraction of sp³-hybridized carbons (Fsp3) is 0.704. The number of piperidine rings is 1. The van der Waals surface area contributed by atoms with Crippen LogP contribution in [-0.2, 0) is 9.47 Å². The molecule has 39 heavy (non-hydrogen) atoms. The molecule has 1 aliphatic carbocycles. The van der Waals surface area contributed by atoms with E-state index in [0.29, 0.717) is 57.3 Å². The maximum Gasteiger partial charge on any atom is 0.406 e. The lowest BCUT2D eigenvalue weighted by atomic mass is 9.83. The molecule has 0 spiro atoms. The van der Waals surface area contributed by atoms with E-state index in [9.17, 15) is 27.2 Å². The maximum atomic E-state index is 14.1. The number of carbonyl (C=O) groups excluding carboxylic acids is 2. The minimum Gasteiger partial charge on any atom is -0.453 e. The standard InChI is InChI=1S/C27H40F4N4O4/c1-32-16-23(12-18-5-7-27(30,31)8-6-18)34-25(36)35-10-3-4-19(17-35)24(39-11-9-33-26(37)38-2)20-13-21(28)15-22(29)14-20/h13-15,18-19,23-24,32H,3-12,16-17H2,1-2H3,(H,33,37)(H,34,36). The van der Waals surface area contributed by atoms with E-state index in [1.54, 1.807) is 11.9 Å². The predicted molar refractivity (Wildman–Crippen MR) is 138 cm³/mol. The Morgan fingerprint density at radius 3 is 2.46 bits per heavy atom. The highest BCUT2D eigenvalue weighted by molar-refractivity contribution is 5.74. The minimum absolute atomic E-state index is 0.0747. The number of benzene rings is 1. The zero-order chi connectivity index (χ0) is 28.4. The van der Waals surface area contributed by atoms with Crippen LogP contribution < -0.4 is 16.0 Å². The predicted octanol–water partition coefficient (Wildman–Crippen LogP) is 4.60. The number of alkyl carbamates (subject to hydrolysis) is 1. The van der Waals surface area contributed by atoms with Crippen molar-refractivity contribution in [3.8, 4) is 0 Å². The molecule has 1 heterocycles. The van der Waals surface area contributed by atoms with E-state index in [2.05, 4.69) is 20.7 Å². The van der Waals surface area contributed by atoms with E-state index in [-0.39, 0.29) is 49.9 Å². The average Bonchev–Trinajstić information content (AvgIpc) is 2.89. The number of likely N-dealkylation sites (N-methyl/N-ethyl adjacent to an activating group) is 1. The highest BCUT2D eigenvalue weighted by Gasteiger charge is 2.36. The molecule has 1 aromatic carbocycles. The lowest BCUT2D eigenvalue weighted by Gasteiger charge is -2.38. The highest BCUT2D eigenvalue weighted by Crippen LogP contribution is 2.38. The Kier molecular flexibility index (Phi) is 11.7. The van der Waals surface area contributed by atoms with Gasteiger partial charge in [-0.25, -0.2) is 27.2 Å². The van der Waals surface area contributed by atoms with Crippen LogP contribution in [0.2, 0.25) is 0 Å². The third-order valence-corrected chi connectivity index (χ3v) is 7.47. The smallest absolute Gasteiger partial charge is 0.406 e. The number of amides is 3. The van der Waals surface area contributed by atoms with E-state index in [1.165, 1.54) is 19.2 Å². The number of carbonyl (C=O) groups is 2. The first kappa shape index (κ1) is 30.9. The van der Waals surface area contributed by atoms with E-state index in [0.717, 1.165) is 6.07 Å². The topological polar surface area (TPSA) is 91.9 Å². The number of hydrogen-bond acceptors (Lipinski definition) is 5. The molecule has 8 nitrogen and oxygen atoms in total. The second-order valence-corrected chi connectivity index (χ2v) is 10.5. The number of ether oxygens (including phenoxy) is 2. The lowest BCUT2D eigenvalue weighted by Crippen LogP contribution is -2.52. The third kappa shape index (κ3) is 9.82. The zero-order valence-electron chi connectivity index (χ0n) is 22.6. The van der Waals surface area contributed by atoms with Gasteiger partial charge in [0, 0.05) is 57.0 Å². The normalized spacial score (nSPS) is 21.2. The number of likely N-dealkylation sites (tertiary alicyclic amines) is 1. The average molecular weight is 561 g/mol. The molecule has 3 atom stereocenters. The number of hydrogen-bond donors (Lipinski definition) is 3. The Labute approximate surface area is 227 Å². The second-order valence-electron chi connectivity index (χ2n) is 10.5. The van der Waals surface area contributed by atoms with Crippen molar-refractivity contribution in [3.63, 3.8) is 0 Å². The van der Waals surface area contributed by atoms with Crippen molar-refractivity contribution in [2.75, 3.05) is 46.9 Å². The first-order valence-electron chi connectivity index (χ1n) is 13.6. The zero-order valence-corrected chi connectivity index (χ0v) is 22.6. The van der Waals surface area contributed by atoms with Crippen molar-refractivity contribution in [1.82, 2.24) is 20.9 Å². The molecule has 1 saturated heterocycles. The van der Waals surface area contributed by atoms with Gasteiger partial charge in [-0.15, -0.1) is 0 Å². The molecule has 1 aromatic rings. The fourth-order valence-corrected chi connectivity index (χ4v) is 5.54. The van der Waals surface area contributed by atoms with Crippen LogP contribution in [0.15, 0.2) is 18.2 Å². The van der Waals surface area contributed by atoms with Gasteiger partial charge in [-0.2, -0.15) is 0 Å². The van der Waals surface area contributed by atoms with Gasteiger partial charge in [0.15, 0.2) is 0 Å². The van der Waals surface area contributed by atoms with Crippen molar-refractivity contribution >= 4 is 12.1 Å². The molecule has 3 unspecified atom stereocenters. The molecule has 0 radical (unpaired) electrons. The van der Waals surface area contributed by atoms with Crippen LogP contribution in [0.5, 0.6) is 0 Å². The van der Waals surface area contributed by atoms with E-state index in [1.807, 2.05) is 0 Å². The molecule has 3 rings (SSSR count). The molecular weight excluding hydrogens is 520 g/mol. The molecule has 3 amide bonds. The molecule has 2 aliphatic rings. The Morgan fingerprint density at radius 1 is 1.13 bits per heavy atom. The summed E-state index contributed by atoms with van der Waals surface area (Å²) in [6.45, 7) is 1.54. The number of nitrogens with one attached hydrogen (secondary N) is 3. The summed E-state index contributed by atoms with van der Waals surface area (Å²) in [5, 5.41) is 8.64. The Hall–Kier alpha value is -2.60. The van der Waals surface area contributed by atoms with Crippen LogP contribution >= 0.6 is 0 Å². The van der Waals surface area contributed by atoms with Crippen molar-refractivity contribution < 1.29 is 36.6 Å². The quantitative estimate of drug-likeness (QED) is 0.272. The molecule has 1 aliphatic heterocycles. The van der Waals surface area contributed by atoms with Crippen molar-refractivity contribution in [2.45, 2.75) is 63.0 Å². The highest BCUT2D eigenvalue weighted by atomic mass is 19.3. The van der Waals surface area contributed by atoms with Gasteiger partial charge in [0.2, 0.25) is 5.92 Å². The van der Waals surface area contributed by atoms with Crippen LogP contribution in [0.25, 0.3) is 0 Å². The van der Waals surface area contributed by atoms with Gasteiger partial charge < -0.3 is 30.3 Å². The number of alkyl halides is 2. The summed E-state index contributed by atoms with van der Waals surface area (Å²) >= 11 is 0. The first-order valence-corrected chi connectivity index (χ1v) is 13.6. The summed E-state index contributed by atoms with van der Waals surface area (Å²) in [4.78, 5) is 26.3. The Bertz CT molecular complexity index is 924. The third-order valence-electron chi connectivity index (χ3n) is 7.47. The first-order chi connectivity index (χ1) is 18.6. The minimum atomic E-state index is -2.60. The Balaban J connectivity index is 1.64. The molecule has 1 saturated carbocycles. The van der Waals surface area contributed by atoms with Gasteiger partial charge in [-0.3, -0.25) is 0 Å². The van der Waals surface area contributed by atoms with Crippen molar-refractivity contribution in [3.05, 3.63) is 35.4 Å². The summed E-state index contributed by atoms with van der Waals surface area (Å²) in [5.74, 6) is -4.18. The van der Waals surface area contributed by atoms with Crippen LogP contribution in [-0.4, -0.2) is 75.9 Å². The molecular formula is C27H40F4N4O4. The van der Waals surface area contributed by atoms with Gasteiger partial charge >= 0.3 is 12.1 Å². The monoisotopic (exact) mass is 560 g/mol. The Morgan fingerprint density at radius 2 is 1.82 bits per heavy atom. The largest absolute Gasteiger partial charge is 0.453 e. The number of rotatable bonds is 11. The molecule has 0 aromatic heterocycles. The van der Waals surface area contributed by atoms with Gasteiger partial charge in [0.25, 0.3) is 0 Å². The summed E-state index contributed by atoms with van der Waals surface area (Å²) in [6, 6.07) is 2.75. The maximum absolute atomic E-state index is 14.1. The van der Waals surface area contributed by atoms with Gasteiger partial charge in [-0.1, -0.05) is 0 Å². The fourth-order valence-electron chi connectivity index (χ4n) is 5.54. The van der Waals surface area contributed by atoms with Gasteiger partial charge in [0.05, 0.1) is 19.8 Å². The summed E-state index contributed by atoms with van der Waals surface area (Å²) in [6.07, 6.45) is 1.25. The molecule has 2 fully saturated rings. The molecule has 3 N–H and O–H groups in total. The van der Waals surface area contributed by atoms with Crippen LogP contribution in [0.4, 0.5) is 27.2 Å². The number of urea groups is 1. The van der Waals surface area contributed by atoms with Crippen molar-refractivity contribution in [2.24, 2.45) is 11.8 Å². The van der Waals surface area contributed by atoms with Gasteiger partial charge in [0.1, 0.15) is 11.6 Å². The van der Waals surface area contributed by atoms with Crippen LogP contribution in [0, 0.1) is 23.5 Å². The van der Waals surface area contributed by atoms with E-state index >= 15 is 0 Å². The van der Waals surface area contributed by atoms with E-state index < -0.39 is 29.8 Å². The van der Waals surface area contributed by atoms with Crippen LogP contribution in [0.1, 0.15) is 56.6 Å². The second kappa shape index (κ2) is 14.7. The summed E-state index contributed by atoms with van der Waals surface area (Å²) < 4.78 is 65.8. The summed E-state index contributed by atoms with van der Waals surface area (Å²) in [7, 11) is 3.02. The molecule has 220 valence electrons. The number of halogens is 4. The number of methoxy groups -OCH3 is 1.